The molecule has 0 aromatic heterocycles. The fourth-order valence-corrected chi connectivity index (χ4v) is 29.9. The molecule has 0 heterocycles. The van der Waals surface area contributed by atoms with Crippen LogP contribution >= 0.6 is 41.2 Å². The molecule has 0 N–H and O–H groups in total. The van der Waals surface area contributed by atoms with Crippen LogP contribution in [-0.4, -0.2) is 126 Å². The maximum absolute atomic E-state index is 6.42. The van der Waals surface area contributed by atoms with Crippen LogP contribution in [-0.2, 0) is 53.1 Å². The zero-order valence-electron chi connectivity index (χ0n) is 37.2. The second kappa shape index (κ2) is 36.3. The zero-order valence-corrected chi connectivity index (χ0v) is 44.5. The molecule has 0 aromatic rings. The van der Waals surface area contributed by atoms with Crippen molar-refractivity contribution in [2.45, 2.75) is 145 Å². The fraction of sp³-hybridized carbons (Fsp3) is 1.00. The van der Waals surface area contributed by atoms with Crippen LogP contribution in [0.15, 0.2) is 0 Å². The van der Waals surface area contributed by atoms with Gasteiger partial charge < -0.3 is 53.1 Å². The summed E-state index contributed by atoms with van der Waals surface area (Å²) in [6.45, 7) is 29.9. The normalized spacial score (nSPS) is 13.2. The predicted molar refractivity (Wildman–Crippen MR) is 247 cm³/mol. The molecule has 12 nitrogen and oxygen atoms in total. The van der Waals surface area contributed by atoms with Crippen molar-refractivity contribution >= 4 is 76.5 Å². The molecule has 0 aliphatic heterocycles. The highest BCUT2D eigenvalue weighted by Crippen LogP contribution is 2.45. The van der Waals surface area contributed by atoms with E-state index in [2.05, 4.69) is 0 Å². The van der Waals surface area contributed by atoms with Crippen LogP contribution in [0.3, 0.4) is 0 Å². The maximum atomic E-state index is 6.42. The lowest BCUT2D eigenvalue weighted by Crippen LogP contribution is -2.64. The maximum Gasteiger partial charge on any atom is 0.508 e. The first-order valence-electron chi connectivity index (χ1n) is 21.4. The predicted octanol–water partition coefficient (Wildman–Crippen LogP) is 10.8. The van der Waals surface area contributed by atoms with E-state index in [9.17, 15) is 0 Å². The summed E-state index contributed by atoms with van der Waals surface area (Å²) in [6.07, 6.45) is 8.06. The smallest absolute Gasteiger partial charge is 0.374 e. The molecule has 0 unspecified atom stereocenters. The summed E-state index contributed by atoms with van der Waals surface area (Å²) in [6, 6.07) is 0. The van der Waals surface area contributed by atoms with E-state index in [4.69, 9.17) is 53.1 Å². The summed E-state index contributed by atoms with van der Waals surface area (Å²) >= 11 is 0. The SMILES string of the molecule is CCO[Si](OCC)(OCC)C(CCCCCSSSSCCCCCC([Si](OCC)(OCC)OCC)[Si](OCC)(OCC)OCC)[Si](OCC)(OCC)OCC. The Kier molecular flexibility index (Phi) is 37.4. The van der Waals surface area contributed by atoms with Gasteiger partial charge in [-0.3, -0.25) is 0 Å². The molecule has 0 aliphatic carbocycles. The van der Waals surface area contributed by atoms with E-state index in [1.807, 2.05) is 124 Å². The van der Waals surface area contributed by atoms with Crippen LogP contribution in [0.4, 0.5) is 0 Å². The van der Waals surface area contributed by atoms with Crippen molar-refractivity contribution in [1.82, 2.24) is 0 Å². The van der Waals surface area contributed by atoms with Gasteiger partial charge in [-0.05, 0) is 128 Å². The van der Waals surface area contributed by atoms with Gasteiger partial charge in [0.25, 0.3) is 0 Å². The van der Waals surface area contributed by atoms with E-state index in [-0.39, 0.29) is 10.3 Å². The van der Waals surface area contributed by atoms with Gasteiger partial charge in [0.15, 0.2) is 0 Å². The largest absolute Gasteiger partial charge is 0.508 e. The van der Waals surface area contributed by atoms with Gasteiger partial charge in [0.2, 0.25) is 0 Å². The lowest BCUT2D eigenvalue weighted by molar-refractivity contribution is 0.0295. The molecule has 0 saturated carbocycles. The first-order valence-corrected chi connectivity index (χ1v) is 33.8. The van der Waals surface area contributed by atoms with Crippen LogP contribution in [0, 0.1) is 0 Å². The summed E-state index contributed by atoms with van der Waals surface area (Å²) in [5.41, 5.74) is 0. The summed E-state index contributed by atoms with van der Waals surface area (Å²) in [7, 11) is -5.10. The number of rotatable bonds is 43. The minimum Gasteiger partial charge on any atom is -0.374 e. The Morgan fingerprint density at radius 1 is 0.286 bits per heavy atom. The number of hydrogen-bond donors (Lipinski definition) is 0. The molecule has 0 saturated heterocycles. The molecule has 0 aliphatic rings. The zero-order chi connectivity index (χ0) is 42.0. The van der Waals surface area contributed by atoms with E-state index in [0.29, 0.717) is 79.3 Å². The van der Waals surface area contributed by atoms with Crippen LogP contribution in [0.25, 0.3) is 0 Å². The molecular weight excluding hydrogens is 865 g/mol. The van der Waals surface area contributed by atoms with E-state index in [1.54, 1.807) is 0 Å². The van der Waals surface area contributed by atoms with Gasteiger partial charge in [0, 0.05) is 90.8 Å². The molecular formula is C36H82O12S4Si4. The highest BCUT2D eigenvalue weighted by Gasteiger charge is 2.66. The van der Waals surface area contributed by atoms with Gasteiger partial charge in [-0.2, -0.15) is 0 Å². The van der Waals surface area contributed by atoms with Gasteiger partial charge >= 0.3 is 35.2 Å². The number of hydrogen-bond acceptors (Lipinski definition) is 16. The quantitative estimate of drug-likeness (QED) is 0.0328. The van der Waals surface area contributed by atoms with Crippen molar-refractivity contribution in [3.05, 3.63) is 0 Å². The molecule has 0 radical (unpaired) electrons. The van der Waals surface area contributed by atoms with Crippen molar-refractivity contribution in [3.8, 4) is 0 Å². The minimum absolute atomic E-state index is 0.179. The van der Waals surface area contributed by atoms with Crippen LogP contribution in [0.2, 0.25) is 10.3 Å². The monoisotopic (exact) mass is 946 g/mol. The average Bonchev–Trinajstić information content (AvgIpc) is 3.16. The van der Waals surface area contributed by atoms with Crippen molar-refractivity contribution in [2.75, 3.05) is 90.8 Å². The highest BCUT2D eigenvalue weighted by molar-refractivity contribution is 9.26. The standard InChI is InChI=1S/C36H82O12S4Si4/c1-13-37-53(38-14-2,39-15-3)35(54(40-16-4,41-17-5)42-18-6)31-27-25-29-33-49-51-52-50-34-30-26-28-32-36(55(43-19-7,44-20-8)45-21-9)56(46-22-10,47-23-11)48-24-12/h35-36H,13-34H2,1-12H3. The first-order chi connectivity index (χ1) is 27.2. The summed E-state index contributed by atoms with van der Waals surface area (Å²) in [5.74, 6) is 2.19. The third-order valence-electron chi connectivity index (χ3n) is 8.42. The molecule has 0 fully saturated rings. The van der Waals surface area contributed by atoms with Crippen molar-refractivity contribution < 1.29 is 53.1 Å². The number of unbranched alkanes of at least 4 members (excludes halogenated alkanes) is 4. The lowest BCUT2D eigenvalue weighted by Gasteiger charge is -2.42. The molecule has 0 spiro atoms. The van der Waals surface area contributed by atoms with E-state index >= 15 is 0 Å². The van der Waals surface area contributed by atoms with Crippen LogP contribution < -0.4 is 0 Å². The molecule has 56 heavy (non-hydrogen) atoms. The summed E-state index contributed by atoms with van der Waals surface area (Å²) in [4.78, 5) is 0. The Morgan fingerprint density at radius 2 is 0.482 bits per heavy atom. The van der Waals surface area contributed by atoms with Crippen molar-refractivity contribution in [3.63, 3.8) is 0 Å². The van der Waals surface area contributed by atoms with E-state index in [0.717, 1.165) is 62.9 Å². The van der Waals surface area contributed by atoms with Crippen LogP contribution in [0.5, 0.6) is 0 Å². The van der Waals surface area contributed by atoms with Gasteiger partial charge in [0.1, 0.15) is 0 Å². The van der Waals surface area contributed by atoms with Crippen LogP contribution in [0.1, 0.15) is 134 Å². The third kappa shape index (κ3) is 20.3. The summed E-state index contributed by atoms with van der Waals surface area (Å²) < 4.78 is 77.1. The molecule has 0 amide bonds. The molecule has 338 valence electrons. The molecule has 0 bridgehead atoms. The second-order valence-electron chi connectivity index (χ2n) is 12.2. The topological polar surface area (TPSA) is 111 Å². The molecule has 0 atom stereocenters. The summed E-state index contributed by atoms with van der Waals surface area (Å²) in [5, 5.41) is -0.358. The third-order valence-corrected chi connectivity index (χ3v) is 32.2. The molecule has 0 aromatic carbocycles. The highest BCUT2D eigenvalue weighted by atomic mass is 33.7. The van der Waals surface area contributed by atoms with Crippen molar-refractivity contribution in [2.24, 2.45) is 0 Å². The van der Waals surface area contributed by atoms with Gasteiger partial charge in [-0.15, -0.1) is 0 Å². The minimum atomic E-state index is -3.18. The van der Waals surface area contributed by atoms with Gasteiger partial charge in [-0.25, -0.2) is 0 Å². The fourth-order valence-electron chi connectivity index (χ4n) is 6.74. The Balaban J connectivity index is 5.16. The van der Waals surface area contributed by atoms with Crippen molar-refractivity contribution in [1.29, 1.82) is 0 Å². The Hall–Kier alpha value is 1.79. The molecule has 20 heteroatoms. The Labute approximate surface area is 363 Å². The molecule has 0 rings (SSSR count). The van der Waals surface area contributed by atoms with Gasteiger partial charge in [0.05, 0.1) is 10.3 Å². The second-order valence-corrected chi connectivity index (χ2v) is 30.7. The average molecular weight is 948 g/mol. The van der Waals surface area contributed by atoms with E-state index in [1.165, 1.54) is 0 Å². The van der Waals surface area contributed by atoms with E-state index < -0.39 is 35.2 Å². The Bertz CT molecular complexity index is 712. The Morgan fingerprint density at radius 3 is 0.661 bits per heavy atom. The van der Waals surface area contributed by atoms with Gasteiger partial charge in [-0.1, -0.05) is 47.3 Å². The first kappa shape index (κ1) is 57.8. The lowest BCUT2D eigenvalue weighted by atomic mass is 10.2.